The summed E-state index contributed by atoms with van der Waals surface area (Å²) in [5.41, 5.74) is 3.69. The summed E-state index contributed by atoms with van der Waals surface area (Å²) in [6.07, 6.45) is 1.43. The Labute approximate surface area is 127 Å². The van der Waals surface area contributed by atoms with E-state index >= 15 is 0 Å². The van der Waals surface area contributed by atoms with Crippen LogP contribution in [0.25, 0.3) is 0 Å². The predicted octanol–water partition coefficient (Wildman–Crippen LogP) is 2.16. The van der Waals surface area contributed by atoms with E-state index in [1.807, 2.05) is 0 Å². The second kappa shape index (κ2) is 7.03. The lowest BCUT2D eigenvalue weighted by atomic mass is 10.1. The molecule has 6 heteroatoms. The van der Waals surface area contributed by atoms with Crippen molar-refractivity contribution in [2.75, 3.05) is 7.11 Å². The molecule has 0 radical (unpaired) electrons. The highest BCUT2D eigenvalue weighted by Crippen LogP contribution is 2.12. The molecule has 0 unspecified atom stereocenters. The van der Waals surface area contributed by atoms with E-state index in [-0.39, 0.29) is 11.5 Å². The maximum atomic E-state index is 11.9. The van der Waals surface area contributed by atoms with Crippen LogP contribution in [0.2, 0.25) is 0 Å². The molecule has 0 spiro atoms. The van der Waals surface area contributed by atoms with Crippen LogP contribution in [0.1, 0.15) is 26.3 Å². The number of carboxylic acids is 1. The molecule has 2 N–H and O–H groups in total. The van der Waals surface area contributed by atoms with Crippen molar-refractivity contribution in [2.24, 2.45) is 5.10 Å². The number of aromatic carboxylic acids is 1. The second-order valence-corrected chi connectivity index (χ2v) is 4.36. The first kappa shape index (κ1) is 15.2. The Bertz CT molecular complexity index is 708. The average molecular weight is 298 g/mol. The van der Waals surface area contributed by atoms with Crippen LogP contribution in [0.5, 0.6) is 5.75 Å². The molecule has 0 heterocycles. The highest BCUT2D eigenvalue weighted by molar-refractivity contribution is 5.95. The van der Waals surface area contributed by atoms with Gasteiger partial charge >= 0.3 is 5.97 Å². The minimum absolute atomic E-state index is 0.192. The first-order valence-electron chi connectivity index (χ1n) is 6.41. The third-order valence-corrected chi connectivity index (χ3v) is 2.87. The summed E-state index contributed by atoms with van der Waals surface area (Å²) in [6.45, 7) is 0. The zero-order chi connectivity index (χ0) is 15.9. The van der Waals surface area contributed by atoms with Crippen molar-refractivity contribution in [3.05, 3.63) is 65.2 Å². The number of hydrazone groups is 1. The zero-order valence-corrected chi connectivity index (χ0v) is 11.8. The molecule has 0 aliphatic rings. The van der Waals surface area contributed by atoms with Gasteiger partial charge in [0.05, 0.1) is 18.9 Å². The Morgan fingerprint density at radius 3 is 2.50 bits per heavy atom. The maximum Gasteiger partial charge on any atom is 0.335 e. The van der Waals surface area contributed by atoms with E-state index in [0.717, 1.165) is 0 Å². The monoisotopic (exact) mass is 298 g/mol. The van der Waals surface area contributed by atoms with Crippen molar-refractivity contribution < 1.29 is 19.4 Å². The number of methoxy groups -OCH3 is 1. The normalized spacial score (nSPS) is 10.4. The standard InChI is InChI=1S/C16H14N2O4/c1-22-14-4-2-3-13(9-14)15(19)18-17-10-11-5-7-12(8-6-11)16(20)21/h2-10H,1H3,(H,18,19)(H,20,21). The molecular weight excluding hydrogens is 284 g/mol. The van der Waals surface area contributed by atoms with Gasteiger partial charge in [-0.25, -0.2) is 10.2 Å². The summed E-state index contributed by atoms with van der Waals surface area (Å²) >= 11 is 0. The number of rotatable bonds is 5. The Morgan fingerprint density at radius 2 is 1.86 bits per heavy atom. The van der Waals surface area contributed by atoms with Gasteiger partial charge < -0.3 is 9.84 Å². The van der Waals surface area contributed by atoms with Crippen molar-refractivity contribution in [1.29, 1.82) is 0 Å². The number of hydrogen-bond donors (Lipinski definition) is 2. The Hall–Kier alpha value is -3.15. The lowest BCUT2D eigenvalue weighted by Gasteiger charge is -2.03. The Morgan fingerprint density at radius 1 is 1.14 bits per heavy atom. The number of carboxylic acid groups (broad SMARTS) is 1. The molecule has 1 amide bonds. The van der Waals surface area contributed by atoms with Gasteiger partial charge in [-0.1, -0.05) is 18.2 Å². The number of nitrogens with zero attached hydrogens (tertiary/aromatic N) is 1. The summed E-state index contributed by atoms with van der Waals surface area (Å²) in [5, 5.41) is 12.6. The molecule has 0 fully saturated rings. The molecule has 2 aromatic rings. The largest absolute Gasteiger partial charge is 0.497 e. The fourth-order valence-electron chi connectivity index (χ4n) is 1.71. The first-order valence-corrected chi connectivity index (χ1v) is 6.41. The van der Waals surface area contributed by atoms with E-state index in [9.17, 15) is 9.59 Å². The van der Waals surface area contributed by atoms with Crippen LogP contribution in [0.4, 0.5) is 0 Å². The summed E-state index contributed by atoms with van der Waals surface area (Å²) in [7, 11) is 1.52. The minimum Gasteiger partial charge on any atom is -0.497 e. The van der Waals surface area contributed by atoms with Gasteiger partial charge in [0.15, 0.2) is 0 Å². The van der Waals surface area contributed by atoms with Crippen molar-refractivity contribution in [3.63, 3.8) is 0 Å². The lowest BCUT2D eigenvalue weighted by molar-refractivity contribution is 0.0696. The van der Waals surface area contributed by atoms with E-state index in [4.69, 9.17) is 9.84 Å². The van der Waals surface area contributed by atoms with E-state index < -0.39 is 5.97 Å². The van der Waals surface area contributed by atoms with Crippen LogP contribution in [-0.2, 0) is 0 Å². The molecule has 0 saturated carbocycles. The summed E-state index contributed by atoms with van der Waals surface area (Å²) < 4.78 is 5.04. The SMILES string of the molecule is COc1cccc(C(=O)NN=Cc2ccc(C(=O)O)cc2)c1. The van der Waals surface area contributed by atoms with Gasteiger partial charge in [-0.3, -0.25) is 4.79 Å². The first-order chi connectivity index (χ1) is 10.6. The van der Waals surface area contributed by atoms with Crippen LogP contribution >= 0.6 is 0 Å². The average Bonchev–Trinajstić information content (AvgIpc) is 2.55. The van der Waals surface area contributed by atoms with Gasteiger partial charge in [-0.05, 0) is 35.9 Å². The third kappa shape index (κ3) is 3.92. The van der Waals surface area contributed by atoms with Crippen LogP contribution in [0.3, 0.4) is 0 Å². The van der Waals surface area contributed by atoms with Gasteiger partial charge in [0, 0.05) is 5.56 Å². The highest BCUT2D eigenvalue weighted by atomic mass is 16.5. The predicted molar refractivity (Wildman–Crippen MR) is 81.5 cm³/mol. The highest BCUT2D eigenvalue weighted by Gasteiger charge is 2.05. The molecule has 0 aliphatic carbocycles. The van der Waals surface area contributed by atoms with Gasteiger partial charge in [0.1, 0.15) is 5.75 Å². The number of amides is 1. The van der Waals surface area contributed by atoms with E-state index in [0.29, 0.717) is 16.9 Å². The molecule has 0 aromatic heterocycles. The number of nitrogens with one attached hydrogen (secondary N) is 1. The number of carbonyl (C=O) groups is 2. The van der Waals surface area contributed by atoms with Gasteiger partial charge in [-0.2, -0.15) is 5.10 Å². The molecule has 2 rings (SSSR count). The molecular formula is C16H14N2O4. The number of benzene rings is 2. The fourth-order valence-corrected chi connectivity index (χ4v) is 1.71. The Balaban J connectivity index is 1.99. The molecule has 0 bridgehead atoms. The molecule has 0 atom stereocenters. The Kier molecular flexibility index (Phi) is 4.87. The summed E-state index contributed by atoms with van der Waals surface area (Å²) in [4.78, 5) is 22.6. The fraction of sp³-hybridized carbons (Fsp3) is 0.0625. The summed E-state index contributed by atoms with van der Waals surface area (Å²) in [6, 6.07) is 12.8. The smallest absolute Gasteiger partial charge is 0.335 e. The van der Waals surface area contributed by atoms with Gasteiger partial charge in [0.25, 0.3) is 5.91 Å². The number of hydrogen-bond acceptors (Lipinski definition) is 4. The molecule has 2 aromatic carbocycles. The van der Waals surface area contributed by atoms with Crippen molar-refractivity contribution in [1.82, 2.24) is 5.43 Å². The topological polar surface area (TPSA) is 88.0 Å². The quantitative estimate of drug-likeness (QED) is 0.654. The molecule has 112 valence electrons. The van der Waals surface area contributed by atoms with Crippen molar-refractivity contribution >= 4 is 18.1 Å². The molecule has 6 nitrogen and oxygen atoms in total. The van der Waals surface area contributed by atoms with E-state index in [2.05, 4.69) is 10.5 Å². The van der Waals surface area contributed by atoms with E-state index in [1.54, 1.807) is 36.4 Å². The third-order valence-electron chi connectivity index (χ3n) is 2.87. The van der Waals surface area contributed by atoms with Gasteiger partial charge in [-0.15, -0.1) is 0 Å². The van der Waals surface area contributed by atoms with Crippen LogP contribution in [0, 0.1) is 0 Å². The lowest BCUT2D eigenvalue weighted by Crippen LogP contribution is -2.17. The molecule has 0 saturated heterocycles. The van der Waals surface area contributed by atoms with Crippen molar-refractivity contribution in [3.8, 4) is 5.75 Å². The van der Waals surface area contributed by atoms with E-state index in [1.165, 1.54) is 25.5 Å². The minimum atomic E-state index is -0.991. The molecule has 22 heavy (non-hydrogen) atoms. The zero-order valence-electron chi connectivity index (χ0n) is 11.8. The van der Waals surface area contributed by atoms with Crippen LogP contribution in [-0.4, -0.2) is 30.3 Å². The van der Waals surface area contributed by atoms with Crippen LogP contribution in [0.15, 0.2) is 53.6 Å². The van der Waals surface area contributed by atoms with Crippen molar-refractivity contribution in [2.45, 2.75) is 0 Å². The molecule has 0 aliphatic heterocycles. The maximum absolute atomic E-state index is 11.9. The second-order valence-electron chi connectivity index (χ2n) is 4.36. The number of carbonyl (C=O) groups excluding carboxylic acids is 1. The summed E-state index contributed by atoms with van der Waals surface area (Å²) in [5.74, 6) is -0.770. The van der Waals surface area contributed by atoms with Gasteiger partial charge in [0.2, 0.25) is 0 Å². The number of ether oxygens (including phenoxy) is 1. The van der Waals surface area contributed by atoms with Crippen LogP contribution < -0.4 is 10.2 Å².